The molecule has 18 heavy (non-hydrogen) atoms. The Balaban J connectivity index is 2.63. The van der Waals surface area contributed by atoms with Crippen LogP contribution in [-0.2, 0) is 4.74 Å². The molecule has 100 valence electrons. The summed E-state index contributed by atoms with van der Waals surface area (Å²) in [6, 6.07) is 3.75. The monoisotopic (exact) mass is 283 g/mol. The molecule has 0 radical (unpaired) electrons. The van der Waals surface area contributed by atoms with Crippen LogP contribution in [0.5, 0.6) is 5.75 Å². The van der Waals surface area contributed by atoms with Crippen LogP contribution in [0.15, 0.2) is 18.2 Å². The third-order valence-corrected chi connectivity index (χ3v) is 1.99. The Bertz CT molecular complexity index is 436. The van der Waals surface area contributed by atoms with Crippen molar-refractivity contribution in [2.45, 2.75) is 6.18 Å². The van der Waals surface area contributed by atoms with E-state index in [9.17, 15) is 17.6 Å². The first-order valence-corrected chi connectivity index (χ1v) is 5.07. The van der Waals surface area contributed by atoms with E-state index in [4.69, 9.17) is 10.5 Å². The van der Waals surface area contributed by atoms with Crippen LogP contribution in [0.2, 0.25) is 0 Å². The largest absolute Gasteiger partial charge is 0.467 e. The van der Waals surface area contributed by atoms with Gasteiger partial charge in [-0.25, -0.2) is 4.39 Å². The molecular formula is C10H9F4NO2S. The van der Waals surface area contributed by atoms with Crippen molar-refractivity contribution >= 4 is 17.2 Å². The molecule has 0 atom stereocenters. The molecule has 0 saturated heterocycles. The molecule has 1 aromatic carbocycles. The first-order chi connectivity index (χ1) is 8.31. The maximum Gasteiger partial charge on any atom is 0.411 e. The fourth-order valence-corrected chi connectivity index (χ4v) is 1.32. The first kappa shape index (κ1) is 14.7. The summed E-state index contributed by atoms with van der Waals surface area (Å²) in [5, 5.41) is 0. The van der Waals surface area contributed by atoms with E-state index in [0.29, 0.717) is 0 Å². The number of nitrogens with two attached hydrogens (primary N) is 1. The van der Waals surface area contributed by atoms with E-state index in [0.717, 1.165) is 6.07 Å². The standard InChI is InChI=1S/C10H9F4NO2S/c11-6-2-1-3-7(8(6)9(15)18)17-5-16-4-10(12,13)14/h1-3H,4-5H2,(H2,15,18). The molecular weight excluding hydrogens is 274 g/mol. The number of ether oxygens (including phenoxy) is 2. The van der Waals surface area contributed by atoms with Gasteiger partial charge in [-0.3, -0.25) is 0 Å². The molecule has 1 rings (SSSR count). The molecule has 0 bridgehead atoms. The number of halogens is 4. The Hall–Kier alpha value is -1.41. The molecule has 8 heteroatoms. The second kappa shape index (κ2) is 5.96. The highest BCUT2D eigenvalue weighted by Crippen LogP contribution is 2.21. The molecule has 0 unspecified atom stereocenters. The predicted molar refractivity (Wildman–Crippen MR) is 59.8 cm³/mol. The number of rotatable bonds is 5. The summed E-state index contributed by atoms with van der Waals surface area (Å²) in [5.74, 6) is -0.777. The second-order valence-corrected chi connectivity index (χ2v) is 3.64. The summed E-state index contributed by atoms with van der Waals surface area (Å²) in [7, 11) is 0. The molecule has 1 aromatic rings. The maximum absolute atomic E-state index is 13.3. The lowest BCUT2D eigenvalue weighted by atomic mass is 10.2. The fourth-order valence-electron chi connectivity index (χ4n) is 1.13. The number of thiocarbonyl (C=S) groups is 1. The first-order valence-electron chi connectivity index (χ1n) is 4.67. The Morgan fingerprint density at radius 1 is 1.33 bits per heavy atom. The van der Waals surface area contributed by atoms with Gasteiger partial charge in [-0.2, -0.15) is 13.2 Å². The number of hydrogen-bond donors (Lipinski definition) is 1. The summed E-state index contributed by atoms with van der Waals surface area (Å²) in [6.45, 7) is -2.14. The van der Waals surface area contributed by atoms with Crippen LogP contribution in [-0.4, -0.2) is 24.6 Å². The average Bonchev–Trinajstić information content (AvgIpc) is 2.22. The van der Waals surface area contributed by atoms with Gasteiger partial charge in [0.25, 0.3) is 0 Å². The van der Waals surface area contributed by atoms with Crippen molar-refractivity contribution in [1.82, 2.24) is 0 Å². The lowest BCUT2D eigenvalue weighted by Gasteiger charge is -2.12. The predicted octanol–water partition coefficient (Wildman–Crippen LogP) is 2.38. The van der Waals surface area contributed by atoms with Gasteiger partial charge in [-0.05, 0) is 12.1 Å². The van der Waals surface area contributed by atoms with Crippen molar-refractivity contribution in [2.24, 2.45) is 5.73 Å². The molecule has 0 fully saturated rings. The van der Waals surface area contributed by atoms with Crippen molar-refractivity contribution < 1.29 is 27.0 Å². The van der Waals surface area contributed by atoms with Gasteiger partial charge in [-0.1, -0.05) is 18.3 Å². The van der Waals surface area contributed by atoms with E-state index in [1.807, 2.05) is 0 Å². The minimum atomic E-state index is -4.45. The third kappa shape index (κ3) is 4.46. The van der Waals surface area contributed by atoms with Crippen molar-refractivity contribution in [2.75, 3.05) is 13.4 Å². The summed E-state index contributed by atoms with van der Waals surface area (Å²) in [6.07, 6.45) is -4.45. The minimum Gasteiger partial charge on any atom is -0.467 e. The highest BCUT2D eigenvalue weighted by molar-refractivity contribution is 7.80. The SMILES string of the molecule is NC(=S)c1c(F)cccc1OCOCC(F)(F)F. The van der Waals surface area contributed by atoms with Gasteiger partial charge in [0.05, 0.1) is 5.56 Å². The van der Waals surface area contributed by atoms with Gasteiger partial charge in [0.15, 0.2) is 6.79 Å². The van der Waals surface area contributed by atoms with Crippen LogP contribution in [0.3, 0.4) is 0 Å². The van der Waals surface area contributed by atoms with Crippen LogP contribution >= 0.6 is 12.2 Å². The normalized spacial score (nSPS) is 11.3. The lowest BCUT2D eigenvalue weighted by molar-refractivity contribution is -0.186. The fraction of sp³-hybridized carbons (Fsp3) is 0.300. The summed E-state index contributed by atoms with van der Waals surface area (Å²) < 4.78 is 57.7. The van der Waals surface area contributed by atoms with Gasteiger partial charge in [-0.15, -0.1) is 0 Å². The minimum absolute atomic E-state index is 0.0651. The summed E-state index contributed by atoms with van der Waals surface area (Å²) in [4.78, 5) is -0.251. The van der Waals surface area contributed by atoms with Crippen molar-refractivity contribution in [3.05, 3.63) is 29.6 Å². The molecule has 0 aliphatic rings. The van der Waals surface area contributed by atoms with E-state index >= 15 is 0 Å². The Morgan fingerprint density at radius 2 is 2.00 bits per heavy atom. The van der Waals surface area contributed by atoms with Crippen LogP contribution < -0.4 is 10.5 Å². The molecule has 0 aliphatic heterocycles. The van der Waals surface area contributed by atoms with Crippen LogP contribution in [0.1, 0.15) is 5.56 Å². The third-order valence-electron chi connectivity index (χ3n) is 1.79. The number of benzene rings is 1. The van der Waals surface area contributed by atoms with Gasteiger partial charge >= 0.3 is 6.18 Å². The van der Waals surface area contributed by atoms with Gasteiger partial charge in [0.2, 0.25) is 0 Å². The number of hydrogen-bond acceptors (Lipinski definition) is 3. The molecule has 0 aromatic heterocycles. The molecule has 0 aliphatic carbocycles. The van der Waals surface area contributed by atoms with Crippen molar-refractivity contribution in [1.29, 1.82) is 0 Å². The zero-order valence-electron chi connectivity index (χ0n) is 8.96. The Morgan fingerprint density at radius 3 is 2.56 bits per heavy atom. The Labute approximate surface area is 105 Å². The van der Waals surface area contributed by atoms with Gasteiger partial charge in [0.1, 0.15) is 23.2 Å². The Kier molecular flexibility index (Phi) is 4.85. The van der Waals surface area contributed by atoms with Crippen molar-refractivity contribution in [3.63, 3.8) is 0 Å². The van der Waals surface area contributed by atoms with E-state index in [-0.39, 0.29) is 16.3 Å². The molecule has 0 saturated carbocycles. The van der Waals surface area contributed by atoms with E-state index in [1.54, 1.807) is 0 Å². The number of alkyl halides is 3. The maximum atomic E-state index is 13.3. The van der Waals surface area contributed by atoms with Crippen molar-refractivity contribution in [3.8, 4) is 5.75 Å². The zero-order valence-corrected chi connectivity index (χ0v) is 9.78. The van der Waals surface area contributed by atoms with Gasteiger partial charge in [0, 0.05) is 0 Å². The highest BCUT2D eigenvalue weighted by Gasteiger charge is 2.27. The van der Waals surface area contributed by atoms with E-state index < -0.39 is 25.4 Å². The summed E-state index contributed by atoms with van der Waals surface area (Å²) in [5.41, 5.74) is 5.12. The highest BCUT2D eigenvalue weighted by atomic mass is 32.1. The topological polar surface area (TPSA) is 44.5 Å². The molecule has 3 nitrogen and oxygen atoms in total. The van der Waals surface area contributed by atoms with Crippen LogP contribution in [0, 0.1) is 5.82 Å². The quantitative estimate of drug-likeness (QED) is 0.390. The van der Waals surface area contributed by atoms with E-state index in [1.165, 1.54) is 12.1 Å². The average molecular weight is 283 g/mol. The smallest absolute Gasteiger partial charge is 0.411 e. The second-order valence-electron chi connectivity index (χ2n) is 3.20. The lowest BCUT2D eigenvalue weighted by Crippen LogP contribution is -2.20. The van der Waals surface area contributed by atoms with E-state index in [2.05, 4.69) is 17.0 Å². The molecule has 0 amide bonds. The van der Waals surface area contributed by atoms with Crippen LogP contribution in [0.4, 0.5) is 17.6 Å². The summed E-state index contributed by atoms with van der Waals surface area (Å²) >= 11 is 4.61. The zero-order chi connectivity index (χ0) is 13.8. The van der Waals surface area contributed by atoms with Crippen LogP contribution in [0.25, 0.3) is 0 Å². The molecule has 2 N–H and O–H groups in total. The van der Waals surface area contributed by atoms with Gasteiger partial charge < -0.3 is 15.2 Å². The molecule has 0 heterocycles. The molecule has 0 spiro atoms.